The summed E-state index contributed by atoms with van der Waals surface area (Å²) in [5, 5.41) is 11.0. The fourth-order valence-corrected chi connectivity index (χ4v) is 4.45. The van der Waals surface area contributed by atoms with E-state index in [0.717, 1.165) is 18.6 Å². The van der Waals surface area contributed by atoms with Gasteiger partial charge in [0.1, 0.15) is 12.8 Å². The molecule has 0 radical (unpaired) electrons. The van der Waals surface area contributed by atoms with E-state index >= 15 is 0 Å². The van der Waals surface area contributed by atoms with Crippen molar-refractivity contribution >= 4 is 37.7 Å². The molecule has 2 atom stereocenters. The highest BCUT2D eigenvalue weighted by Crippen LogP contribution is 2.37. The molecule has 0 bridgehead atoms. The van der Waals surface area contributed by atoms with E-state index in [-0.39, 0.29) is 23.9 Å². The predicted molar refractivity (Wildman–Crippen MR) is 123 cm³/mol. The first-order chi connectivity index (χ1) is 14.5. The van der Waals surface area contributed by atoms with Crippen LogP contribution in [-0.2, 0) is 20.6 Å². The number of carbonyl (C=O) groups excluding carboxylic acids is 2. The average Bonchev–Trinajstić information content (AvgIpc) is 3.09. The topological polar surface area (TPSA) is 99.0 Å². The molecule has 2 aliphatic rings. The van der Waals surface area contributed by atoms with Crippen LogP contribution < -0.4 is 0 Å². The minimum absolute atomic E-state index is 0.0167. The molecule has 0 spiro atoms. The number of nitrogens with zero attached hydrogens (tertiary/aromatic N) is 2. The highest BCUT2D eigenvalue weighted by Gasteiger charge is 2.41. The number of likely N-dealkylation sites (tertiary alicyclic amines) is 1. The van der Waals surface area contributed by atoms with Crippen LogP contribution in [0.1, 0.15) is 39.2 Å². The van der Waals surface area contributed by atoms with Gasteiger partial charge in [-0.15, -0.1) is 0 Å². The lowest BCUT2D eigenvalue weighted by molar-refractivity contribution is -0.384. The standard InChI is InChI=1S/C18H28N2O5Si.C3H4OS/c1-18(2,3)14-10-16(25-26(4)5)19(11-14)17(21)24-12-13-6-8-15(9-7-13)20(22)23;4-3-1-2-5-3/h6-9,14,16,26H,10-12H2,1-5H3;1-2H2/t14-,16-;/m0./s1. The van der Waals surface area contributed by atoms with Crippen LogP contribution in [0.25, 0.3) is 0 Å². The Balaban J connectivity index is 0.000000597. The number of carbonyl (C=O) groups is 2. The third-order valence-electron chi connectivity index (χ3n) is 5.22. The summed E-state index contributed by atoms with van der Waals surface area (Å²) in [6.45, 7) is 11.4. The fraction of sp³-hybridized carbons (Fsp3) is 0.619. The maximum absolute atomic E-state index is 12.6. The second-order valence-electron chi connectivity index (χ2n) is 9.04. The molecule has 3 rings (SSSR count). The molecule has 2 saturated heterocycles. The molecular formula is C21H32N2O6SSi. The smallest absolute Gasteiger partial charge is 0.412 e. The highest BCUT2D eigenvalue weighted by atomic mass is 32.2. The molecule has 31 heavy (non-hydrogen) atoms. The van der Waals surface area contributed by atoms with Gasteiger partial charge >= 0.3 is 6.09 Å². The van der Waals surface area contributed by atoms with Crippen LogP contribution in [0.15, 0.2) is 24.3 Å². The fourth-order valence-electron chi connectivity index (χ4n) is 3.19. The molecule has 0 aliphatic carbocycles. The number of hydrogen-bond donors (Lipinski definition) is 0. The maximum Gasteiger partial charge on any atom is 0.412 e. The molecule has 8 nitrogen and oxygen atoms in total. The molecule has 10 heteroatoms. The van der Waals surface area contributed by atoms with Crippen molar-refractivity contribution in [2.24, 2.45) is 11.3 Å². The summed E-state index contributed by atoms with van der Waals surface area (Å²) in [6.07, 6.45) is 1.01. The van der Waals surface area contributed by atoms with Gasteiger partial charge in [0.2, 0.25) is 0 Å². The maximum atomic E-state index is 12.6. The molecule has 1 amide bonds. The second-order valence-corrected chi connectivity index (χ2v) is 12.6. The van der Waals surface area contributed by atoms with Crippen molar-refractivity contribution in [1.82, 2.24) is 4.90 Å². The monoisotopic (exact) mass is 468 g/mol. The Morgan fingerprint density at radius 1 is 1.29 bits per heavy atom. The van der Waals surface area contributed by atoms with Crippen molar-refractivity contribution in [3.05, 3.63) is 39.9 Å². The molecular weight excluding hydrogens is 436 g/mol. The van der Waals surface area contributed by atoms with E-state index in [2.05, 4.69) is 33.9 Å². The van der Waals surface area contributed by atoms with Gasteiger partial charge in [0.05, 0.1) is 4.92 Å². The van der Waals surface area contributed by atoms with E-state index in [9.17, 15) is 19.7 Å². The average molecular weight is 469 g/mol. The summed E-state index contributed by atoms with van der Waals surface area (Å²) in [5.74, 6) is 1.41. The zero-order chi connectivity index (χ0) is 23.2. The lowest BCUT2D eigenvalue weighted by atomic mass is 9.80. The highest BCUT2D eigenvalue weighted by molar-refractivity contribution is 8.15. The molecule has 0 unspecified atom stereocenters. The molecule has 1 aromatic rings. The zero-order valence-electron chi connectivity index (χ0n) is 18.8. The predicted octanol–water partition coefficient (Wildman–Crippen LogP) is 4.58. The summed E-state index contributed by atoms with van der Waals surface area (Å²) < 4.78 is 11.5. The largest absolute Gasteiger partial charge is 0.444 e. The summed E-state index contributed by atoms with van der Waals surface area (Å²) >= 11 is 1.42. The van der Waals surface area contributed by atoms with Gasteiger partial charge < -0.3 is 9.16 Å². The molecule has 172 valence electrons. The van der Waals surface area contributed by atoms with Crippen LogP contribution in [0.4, 0.5) is 10.5 Å². The second kappa shape index (κ2) is 11.1. The number of benzene rings is 1. The van der Waals surface area contributed by atoms with Crippen LogP contribution in [0.2, 0.25) is 13.1 Å². The first-order valence-corrected chi connectivity index (χ1v) is 14.2. The lowest BCUT2D eigenvalue weighted by Gasteiger charge is -2.26. The summed E-state index contributed by atoms with van der Waals surface area (Å²) in [7, 11) is -1.29. The van der Waals surface area contributed by atoms with Crippen LogP contribution >= 0.6 is 11.8 Å². The van der Waals surface area contributed by atoms with Crippen molar-refractivity contribution in [2.45, 2.75) is 59.5 Å². The number of nitro groups is 1. The summed E-state index contributed by atoms with van der Waals surface area (Å²) in [5.41, 5.74) is 0.822. The number of thioether (sulfide) groups is 1. The van der Waals surface area contributed by atoms with Gasteiger partial charge in [-0.1, -0.05) is 32.5 Å². The van der Waals surface area contributed by atoms with Crippen molar-refractivity contribution in [3.8, 4) is 0 Å². The van der Waals surface area contributed by atoms with Gasteiger partial charge in [0, 0.05) is 30.9 Å². The van der Waals surface area contributed by atoms with E-state index in [0.29, 0.717) is 23.1 Å². The van der Waals surface area contributed by atoms with Gasteiger partial charge in [-0.25, -0.2) is 4.79 Å². The van der Waals surface area contributed by atoms with Gasteiger partial charge in [0.15, 0.2) is 14.2 Å². The van der Waals surface area contributed by atoms with Crippen LogP contribution in [0.3, 0.4) is 0 Å². The molecule has 2 fully saturated rings. The Bertz CT molecular complexity index is 775. The summed E-state index contributed by atoms with van der Waals surface area (Å²) in [6, 6.07) is 6.01. The van der Waals surface area contributed by atoms with Crippen molar-refractivity contribution < 1.29 is 23.7 Å². The molecule has 0 saturated carbocycles. The summed E-state index contributed by atoms with van der Waals surface area (Å²) in [4.78, 5) is 34.4. The number of nitro benzene ring substituents is 1. The Morgan fingerprint density at radius 3 is 2.29 bits per heavy atom. The number of hydrogen-bond acceptors (Lipinski definition) is 7. The molecule has 2 heterocycles. The van der Waals surface area contributed by atoms with E-state index in [1.165, 1.54) is 23.9 Å². The first kappa shape index (κ1) is 25.3. The van der Waals surface area contributed by atoms with Gasteiger partial charge in [0.25, 0.3) is 5.69 Å². The molecule has 0 aromatic heterocycles. The van der Waals surface area contributed by atoms with E-state index in [1.54, 1.807) is 17.0 Å². The van der Waals surface area contributed by atoms with Crippen molar-refractivity contribution in [2.75, 3.05) is 12.3 Å². The number of ether oxygens (including phenoxy) is 1. The normalized spacial score (nSPS) is 20.7. The number of rotatable bonds is 5. The Hall–Kier alpha value is -1.91. The van der Waals surface area contributed by atoms with Crippen LogP contribution in [-0.4, -0.2) is 48.6 Å². The molecule has 0 N–H and O–H groups in total. The minimum atomic E-state index is -1.29. The van der Waals surface area contributed by atoms with Gasteiger partial charge in [-0.05, 0) is 48.5 Å². The third-order valence-corrected chi connectivity index (χ3v) is 7.01. The van der Waals surface area contributed by atoms with Crippen LogP contribution in [0.5, 0.6) is 0 Å². The van der Waals surface area contributed by atoms with Gasteiger partial charge in [-0.3, -0.25) is 19.8 Å². The van der Waals surface area contributed by atoms with E-state index in [1.807, 2.05) is 0 Å². The Kier molecular flexibility index (Phi) is 9.08. The minimum Gasteiger partial charge on any atom is -0.444 e. The van der Waals surface area contributed by atoms with E-state index < -0.39 is 20.1 Å². The van der Waals surface area contributed by atoms with Gasteiger partial charge in [-0.2, -0.15) is 0 Å². The van der Waals surface area contributed by atoms with Crippen molar-refractivity contribution in [3.63, 3.8) is 0 Å². The first-order valence-electron chi connectivity index (χ1n) is 10.4. The number of non-ortho nitro benzene ring substituents is 1. The van der Waals surface area contributed by atoms with Crippen LogP contribution in [0, 0.1) is 21.4 Å². The number of amides is 1. The third kappa shape index (κ3) is 7.93. The quantitative estimate of drug-likeness (QED) is 0.354. The Morgan fingerprint density at radius 2 is 1.87 bits per heavy atom. The van der Waals surface area contributed by atoms with E-state index in [4.69, 9.17) is 9.16 Å². The SMILES string of the molecule is C[SiH](C)O[C@H]1C[C@H](C(C)(C)C)CN1C(=O)OCc1ccc([N+](=O)[O-])cc1.O=C1CCS1. The molecule has 2 aliphatic heterocycles. The zero-order valence-corrected chi connectivity index (χ0v) is 20.8. The lowest BCUT2D eigenvalue weighted by Crippen LogP contribution is -2.39. The van der Waals surface area contributed by atoms with Crippen molar-refractivity contribution in [1.29, 1.82) is 0 Å². The molecule has 1 aromatic carbocycles. The Labute approximate surface area is 189 Å².